The molecule has 17 heavy (non-hydrogen) atoms. The molecule has 0 aliphatic heterocycles. The lowest BCUT2D eigenvalue weighted by Crippen LogP contribution is -2.21. The number of rotatable bonds is 6. The molecule has 0 aliphatic carbocycles. The molecule has 4 N–H and O–H groups in total. The van der Waals surface area contributed by atoms with Crippen molar-refractivity contribution in [1.29, 1.82) is 0 Å². The molecule has 1 atom stereocenters. The van der Waals surface area contributed by atoms with Gasteiger partial charge in [0.15, 0.2) is 0 Å². The van der Waals surface area contributed by atoms with E-state index in [0.717, 1.165) is 6.20 Å². The summed E-state index contributed by atoms with van der Waals surface area (Å²) in [7, 11) is 0. The third-order valence-electron chi connectivity index (χ3n) is 2.30. The summed E-state index contributed by atoms with van der Waals surface area (Å²) in [5.41, 5.74) is 5.16. The van der Waals surface area contributed by atoms with E-state index in [4.69, 9.17) is 10.8 Å². The van der Waals surface area contributed by atoms with Crippen molar-refractivity contribution in [3.63, 3.8) is 0 Å². The summed E-state index contributed by atoms with van der Waals surface area (Å²) in [4.78, 5) is 17.6. The van der Waals surface area contributed by atoms with Crippen molar-refractivity contribution in [2.45, 2.75) is 25.8 Å². The van der Waals surface area contributed by atoms with Crippen LogP contribution in [-0.2, 0) is 0 Å². The van der Waals surface area contributed by atoms with Crippen molar-refractivity contribution < 1.29 is 10.0 Å². The average Bonchev–Trinajstić information content (AvgIpc) is 2.28. The maximum atomic E-state index is 10.8. The van der Waals surface area contributed by atoms with Crippen LogP contribution in [0.1, 0.15) is 19.8 Å². The van der Waals surface area contributed by atoms with E-state index in [1.165, 1.54) is 0 Å². The fourth-order valence-corrected chi connectivity index (χ4v) is 1.36. The van der Waals surface area contributed by atoms with Gasteiger partial charge < -0.3 is 16.2 Å². The Morgan fingerprint density at radius 2 is 2.41 bits per heavy atom. The van der Waals surface area contributed by atoms with Crippen LogP contribution in [0.5, 0.6) is 0 Å². The average molecular weight is 241 g/mol. The molecule has 8 heteroatoms. The van der Waals surface area contributed by atoms with Gasteiger partial charge in [-0.1, -0.05) is 6.92 Å². The van der Waals surface area contributed by atoms with Crippen molar-refractivity contribution >= 4 is 17.5 Å². The number of aromatic nitrogens is 2. The third-order valence-corrected chi connectivity index (χ3v) is 2.30. The lowest BCUT2D eigenvalue weighted by Gasteiger charge is -2.16. The SMILES string of the molecule is CCC(CCO)Nc1nc(N)ncc1[N+](=O)[O-]. The lowest BCUT2D eigenvalue weighted by molar-refractivity contribution is -0.384. The number of nitrogens with one attached hydrogen (secondary N) is 1. The number of hydrogen-bond donors (Lipinski definition) is 3. The normalized spacial score (nSPS) is 12.1. The van der Waals surface area contributed by atoms with Crippen LogP contribution in [0, 0.1) is 10.1 Å². The Bertz CT molecular complexity index is 398. The largest absolute Gasteiger partial charge is 0.396 e. The standard InChI is InChI=1S/C9H15N5O3/c1-2-6(3-4-15)12-8-7(14(16)17)5-11-9(10)13-8/h5-6,15H,2-4H2,1H3,(H3,10,11,12,13). The summed E-state index contributed by atoms with van der Waals surface area (Å²) in [5.74, 6) is 0.0553. The van der Waals surface area contributed by atoms with Gasteiger partial charge in [-0.25, -0.2) is 4.98 Å². The molecule has 94 valence electrons. The van der Waals surface area contributed by atoms with E-state index < -0.39 is 4.92 Å². The molecule has 1 rings (SSSR count). The van der Waals surface area contributed by atoms with Crippen LogP contribution < -0.4 is 11.1 Å². The molecule has 0 saturated carbocycles. The molecule has 1 aromatic rings. The summed E-state index contributed by atoms with van der Waals surface area (Å²) < 4.78 is 0. The zero-order valence-electron chi connectivity index (χ0n) is 9.46. The number of hydrogen-bond acceptors (Lipinski definition) is 7. The Hall–Kier alpha value is -1.96. The molecule has 0 radical (unpaired) electrons. The molecule has 0 aromatic carbocycles. The summed E-state index contributed by atoms with van der Waals surface area (Å²) in [6.45, 7) is 1.91. The first kappa shape index (κ1) is 13.1. The topological polar surface area (TPSA) is 127 Å². The first-order chi connectivity index (χ1) is 8.08. The molecular weight excluding hydrogens is 226 g/mol. The summed E-state index contributed by atoms with van der Waals surface area (Å²) >= 11 is 0. The molecule has 0 saturated heterocycles. The highest BCUT2D eigenvalue weighted by molar-refractivity contribution is 5.56. The smallest absolute Gasteiger partial charge is 0.329 e. The highest BCUT2D eigenvalue weighted by Gasteiger charge is 2.18. The number of nitrogens with zero attached hydrogens (tertiary/aromatic N) is 3. The molecule has 0 spiro atoms. The highest BCUT2D eigenvalue weighted by Crippen LogP contribution is 2.22. The van der Waals surface area contributed by atoms with E-state index in [0.29, 0.717) is 12.8 Å². The predicted molar refractivity (Wildman–Crippen MR) is 62.5 cm³/mol. The highest BCUT2D eigenvalue weighted by atomic mass is 16.6. The van der Waals surface area contributed by atoms with E-state index in [9.17, 15) is 10.1 Å². The van der Waals surface area contributed by atoms with E-state index >= 15 is 0 Å². The molecule has 1 heterocycles. The number of nitro groups is 1. The van der Waals surface area contributed by atoms with Gasteiger partial charge in [-0.2, -0.15) is 4.98 Å². The predicted octanol–water partition coefficient (Wildman–Crippen LogP) is 0.540. The van der Waals surface area contributed by atoms with Crippen LogP contribution in [0.2, 0.25) is 0 Å². The molecule has 0 amide bonds. The van der Waals surface area contributed by atoms with Gasteiger partial charge in [0.2, 0.25) is 11.8 Å². The first-order valence-corrected chi connectivity index (χ1v) is 5.22. The van der Waals surface area contributed by atoms with Gasteiger partial charge >= 0.3 is 5.69 Å². The second-order valence-electron chi connectivity index (χ2n) is 3.48. The monoisotopic (exact) mass is 241 g/mol. The van der Waals surface area contributed by atoms with Gasteiger partial charge in [-0.05, 0) is 12.8 Å². The van der Waals surface area contributed by atoms with Gasteiger partial charge in [0, 0.05) is 12.6 Å². The Morgan fingerprint density at radius 3 is 2.94 bits per heavy atom. The minimum Gasteiger partial charge on any atom is -0.396 e. The van der Waals surface area contributed by atoms with Crippen LogP contribution in [0.15, 0.2) is 6.20 Å². The maximum absolute atomic E-state index is 10.8. The van der Waals surface area contributed by atoms with E-state index in [1.54, 1.807) is 0 Å². The Morgan fingerprint density at radius 1 is 1.71 bits per heavy atom. The molecular formula is C9H15N5O3. The molecule has 0 fully saturated rings. The second kappa shape index (κ2) is 5.94. The molecule has 0 bridgehead atoms. The van der Waals surface area contributed by atoms with Crippen molar-refractivity contribution in [3.05, 3.63) is 16.3 Å². The van der Waals surface area contributed by atoms with Crippen molar-refractivity contribution in [1.82, 2.24) is 9.97 Å². The third kappa shape index (κ3) is 3.52. The van der Waals surface area contributed by atoms with Gasteiger partial charge in [0.25, 0.3) is 0 Å². The van der Waals surface area contributed by atoms with Gasteiger partial charge in [-0.3, -0.25) is 10.1 Å². The molecule has 1 unspecified atom stereocenters. The van der Waals surface area contributed by atoms with Crippen molar-refractivity contribution in [3.8, 4) is 0 Å². The van der Waals surface area contributed by atoms with Crippen LogP contribution in [0.4, 0.5) is 17.5 Å². The lowest BCUT2D eigenvalue weighted by atomic mass is 10.1. The number of aliphatic hydroxyl groups is 1. The molecule has 1 aromatic heterocycles. The van der Waals surface area contributed by atoms with Crippen molar-refractivity contribution in [2.24, 2.45) is 0 Å². The van der Waals surface area contributed by atoms with Crippen LogP contribution in [-0.4, -0.2) is 32.6 Å². The van der Waals surface area contributed by atoms with Crippen LogP contribution in [0.25, 0.3) is 0 Å². The zero-order valence-corrected chi connectivity index (χ0v) is 9.46. The van der Waals surface area contributed by atoms with Gasteiger partial charge in [-0.15, -0.1) is 0 Å². The summed E-state index contributed by atoms with van der Waals surface area (Å²) in [6.07, 6.45) is 2.26. The minimum atomic E-state index is -0.576. The molecule has 0 aliphatic rings. The number of nitrogen functional groups attached to an aromatic ring is 1. The summed E-state index contributed by atoms with van der Waals surface area (Å²) in [6, 6.07) is -0.0898. The minimum absolute atomic E-state index is 0.000129. The van der Waals surface area contributed by atoms with E-state index in [2.05, 4.69) is 15.3 Å². The van der Waals surface area contributed by atoms with Crippen LogP contribution >= 0.6 is 0 Å². The molecule has 8 nitrogen and oxygen atoms in total. The van der Waals surface area contributed by atoms with Crippen molar-refractivity contribution in [2.75, 3.05) is 17.7 Å². The fourth-order valence-electron chi connectivity index (χ4n) is 1.36. The fraction of sp³-hybridized carbons (Fsp3) is 0.556. The quantitative estimate of drug-likeness (QED) is 0.489. The Balaban J connectivity index is 2.94. The Kier molecular flexibility index (Phi) is 4.58. The summed E-state index contributed by atoms with van der Waals surface area (Å²) in [5, 5.41) is 22.5. The number of aliphatic hydroxyl groups excluding tert-OH is 1. The van der Waals surface area contributed by atoms with Gasteiger partial charge in [0.05, 0.1) is 4.92 Å². The second-order valence-corrected chi connectivity index (χ2v) is 3.48. The van der Waals surface area contributed by atoms with Gasteiger partial charge in [0.1, 0.15) is 6.20 Å². The number of anilines is 2. The number of nitrogens with two attached hydrogens (primary N) is 1. The maximum Gasteiger partial charge on any atom is 0.329 e. The van der Waals surface area contributed by atoms with E-state index in [-0.39, 0.29) is 30.1 Å². The Labute approximate surface area is 98.0 Å². The van der Waals surface area contributed by atoms with E-state index in [1.807, 2.05) is 6.92 Å². The zero-order chi connectivity index (χ0) is 12.8. The van der Waals surface area contributed by atoms with Crippen LogP contribution in [0.3, 0.4) is 0 Å². The first-order valence-electron chi connectivity index (χ1n) is 5.22.